The number of anilines is 1. The Bertz CT molecular complexity index is 897. The van der Waals surface area contributed by atoms with Crippen LogP contribution in [0.3, 0.4) is 0 Å². The van der Waals surface area contributed by atoms with Crippen molar-refractivity contribution in [2.75, 3.05) is 11.4 Å². The van der Waals surface area contributed by atoms with Crippen LogP contribution in [0, 0.1) is 5.82 Å². The number of aromatic nitrogens is 2. The van der Waals surface area contributed by atoms with Gasteiger partial charge in [-0.15, -0.1) is 0 Å². The molecular formula is C16H15FN4O5. The zero-order chi connectivity index (χ0) is 19.0. The molecule has 10 heteroatoms. The summed E-state index contributed by atoms with van der Waals surface area (Å²) in [4.78, 5) is 39.0. The smallest absolute Gasteiger partial charge is 0.414 e. The summed E-state index contributed by atoms with van der Waals surface area (Å²) in [6, 6.07) is 3.01. The van der Waals surface area contributed by atoms with Crippen LogP contribution in [-0.4, -0.2) is 51.2 Å². The molecule has 2 aromatic rings. The molecule has 0 radical (unpaired) electrons. The van der Waals surface area contributed by atoms with Gasteiger partial charge in [0.2, 0.25) is 0 Å². The van der Waals surface area contributed by atoms with Gasteiger partial charge in [-0.25, -0.2) is 19.0 Å². The summed E-state index contributed by atoms with van der Waals surface area (Å²) in [5, 5.41) is 8.88. The van der Waals surface area contributed by atoms with Crippen LogP contribution in [0.4, 0.5) is 14.9 Å². The lowest BCUT2D eigenvalue weighted by molar-refractivity contribution is -0.120. The zero-order valence-corrected chi connectivity index (χ0v) is 13.6. The largest absolute Gasteiger partial charge is 0.476 e. The molecule has 2 unspecified atom stereocenters. The van der Waals surface area contributed by atoms with Gasteiger partial charge in [-0.2, -0.15) is 0 Å². The van der Waals surface area contributed by atoms with Crippen molar-refractivity contribution in [1.29, 1.82) is 0 Å². The SMILES string of the molecule is CC(=O)C(N)C1CN(c2ccc(-n3cnc(C(=O)O)c3)c(F)c2)C(=O)O1. The zero-order valence-electron chi connectivity index (χ0n) is 13.6. The third-order valence-corrected chi connectivity index (χ3v) is 4.03. The number of rotatable bonds is 5. The fraction of sp³-hybridized carbons (Fsp3) is 0.250. The molecule has 1 fully saturated rings. The first kappa shape index (κ1) is 17.5. The summed E-state index contributed by atoms with van der Waals surface area (Å²) >= 11 is 0. The molecule has 2 heterocycles. The summed E-state index contributed by atoms with van der Waals surface area (Å²) in [5.41, 5.74) is 5.77. The number of amides is 1. The monoisotopic (exact) mass is 362 g/mol. The van der Waals surface area contributed by atoms with Gasteiger partial charge in [-0.05, 0) is 25.1 Å². The number of carboxylic acid groups (broad SMARTS) is 1. The fourth-order valence-electron chi connectivity index (χ4n) is 2.58. The fourth-order valence-corrected chi connectivity index (χ4v) is 2.58. The average Bonchev–Trinajstić information content (AvgIpc) is 3.21. The number of ketones is 1. The Kier molecular flexibility index (Phi) is 4.43. The van der Waals surface area contributed by atoms with Gasteiger partial charge < -0.3 is 20.1 Å². The van der Waals surface area contributed by atoms with Gasteiger partial charge in [0.05, 0.1) is 17.9 Å². The summed E-state index contributed by atoms with van der Waals surface area (Å²) < 4.78 is 20.8. The normalized spacial score (nSPS) is 17.9. The Morgan fingerprint density at radius 3 is 2.77 bits per heavy atom. The quantitative estimate of drug-likeness (QED) is 0.810. The Morgan fingerprint density at radius 2 is 2.19 bits per heavy atom. The first-order valence-corrected chi connectivity index (χ1v) is 7.59. The van der Waals surface area contributed by atoms with Crippen molar-refractivity contribution in [2.45, 2.75) is 19.1 Å². The maximum absolute atomic E-state index is 14.5. The number of aromatic carboxylic acids is 1. The minimum absolute atomic E-state index is 0.0204. The van der Waals surface area contributed by atoms with E-state index in [9.17, 15) is 18.8 Å². The van der Waals surface area contributed by atoms with Gasteiger partial charge in [0.1, 0.15) is 30.1 Å². The van der Waals surface area contributed by atoms with E-state index in [1.165, 1.54) is 41.0 Å². The molecule has 1 aliphatic heterocycles. The number of halogens is 1. The second kappa shape index (κ2) is 6.56. The number of nitrogens with zero attached hydrogens (tertiary/aromatic N) is 3. The first-order valence-electron chi connectivity index (χ1n) is 7.59. The van der Waals surface area contributed by atoms with Crippen molar-refractivity contribution < 1.29 is 28.6 Å². The Hall–Kier alpha value is -3.27. The van der Waals surface area contributed by atoms with E-state index in [1.54, 1.807) is 0 Å². The minimum Gasteiger partial charge on any atom is -0.476 e. The highest BCUT2D eigenvalue weighted by Gasteiger charge is 2.37. The van der Waals surface area contributed by atoms with Gasteiger partial charge in [0.15, 0.2) is 5.69 Å². The van der Waals surface area contributed by atoms with E-state index in [0.717, 1.165) is 6.07 Å². The van der Waals surface area contributed by atoms with E-state index in [0.29, 0.717) is 0 Å². The van der Waals surface area contributed by atoms with Crippen LogP contribution in [0.15, 0.2) is 30.7 Å². The number of hydrogen-bond donors (Lipinski definition) is 2. The maximum atomic E-state index is 14.5. The third kappa shape index (κ3) is 3.14. The Labute approximate surface area is 146 Å². The number of carboxylic acids is 1. The van der Waals surface area contributed by atoms with Crippen LogP contribution in [0.2, 0.25) is 0 Å². The van der Waals surface area contributed by atoms with Crippen LogP contribution in [0.25, 0.3) is 5.69 Å². The van der Waals surface area contributed by atoms with Crippen molar-refractivity contribution in [3.05, 3.63) is 42.2 Å². The standard InChI is InChI=1S/C16H15FN4O5/c1-8(22)14(18)13-6-21(16(25)26-13)9-2-3-12(10(17)4-9)20-5-11(15(23)24)19-7-20/h2-5,7,13-14H,6,18H2,1H3,(H,23,24). The van der Waals surface area contributed by atoms with Gasteiger partial charge in [-0.3, -0.25) is 9.69 Å². The number of nitrogens with two attached hydrogens (primary N) is 1. The lowest BCUT2D eigenvalue weighted by atomic mass is 10.1. The van der Waals surface area contributed by atoms with Crippen LogP contribution in [-0.2, 0) is 9.53 Å². The van der Waals surface area contributed by atoms with Crippen molar-refractivity contribution >= 4 is 23.5 Å². The number of Topliss-reactive ketones (excluding diaryl/α,β-unsaturated/α-hetero) is 1. The molecule has 0 bridgehead atoms. The number of cyclic esters (lactones) is 1. The van der Waals surface area contributed by atoms with Gasteiger partial charge >= 0.3 is 12.1 Å². The summed E-state index contributed by atoms with van der Waals surface area (Å²) in [6.45, 7) is 1.32. The molecule has 3 rings (SSSR count). The van der Waals surface area contributed by atoms with Crippen LogP contribution < -0.4 is 10.6 Å². The molecule has 0 saturated carbocycles. The molecule has 2 atom stereocenters. The number of ether oxygens (including phenoxy) is 1. The first-order chi connectivity index (χ1) is 12.3. The van der Waals surface area contributed by atoms with Crippen molar-refractivity contribution in [3.63, 3.8) is 0 Å². The van der Waals surface area contributed by atoms with E-state index < -0.39 is 30.0 Å². The highest BCUT2D eigenvalue weighted by molar-refractivity contribution is 5.91. The average molecular weight is 362 g/mol. The highest BCUT2D eigenvalue weighted by Crippen LogP contribution is 2.26. The molecule has 9 nitrogen and oxygen atoms in total. The van der Waals surface area contributed by atoms with E-state index in [4.69, 9.17) is 15.6 Å². The summed E-state index contributed by atoms with van der Waals surface area (Å²) in [5.74, 6) is -2.24. The van der Waals surface area contributed by atoms with Gasteiger partial charge in [-0.1, -0.05) is 0 Å². The molecule has 136 valence electrons. The summed E-state index contributed by atoms with van der Waals surface area (Å²) in [7, 11) is 0. The van der Waals surface area contributed by atoms with E-state index in [-0.39, 0.29) is 29.4 Å². The lowest BCUT2D eigenvalue weighted by Gasteiger charge is -2.16. The highest BCUT2D eigenvalue weighted by atomic mass is 19.1. The molecule has 0 aliphatic carbocycles. The predicted molar refractivity (Wildman–Crippen MR) is 86.8 cm³/mol. The molecule has 1 saturated heterocycles. The Balaban J connectivity index is 1.84. The lowest BCUT2D eigenvalue weighted by Crippen LogP contribution is -2.43. The molecular weight excluding hydrogens is 347 g/mol. The van der Waals surface area contributed by atoms with Crippen molar-refractivity contribution in [3.8, 4) is 5.69 Å². The molecule has 1 aromatic carbocycles. The van der Waals surface area contributed by atoms with E-state index in [2.05, 4.69) is 4.98 Å². The minimum atomic E-state index is -1.23. The molecule has 0 spiro atoms. The van der Waals surface area contributed by atoms with E-state index in [1.807, 2.05) is 0 Å². The second-order valence-electron chi connectivity index (χ2n) is 5.78. The molecule has 1 aliphatic rings. The number of carbonyl (C=O) groups is 3. The van der Waals surface area contributed by atoms with Crippen LogP contribution >= 0.6 is 0 Å². The molecule has 1 amide bonds. The number of imidazole rings is 1. The topological polar surface area (TPSA) is 128 Å². The van der Waals surface area contributed by atoms with Gasteiger partial charge in [0, 0.05) is 6.20 Å². The Morgan fingerprint density at radius 1 is 1.46 bits per heavy atom. The van der Waals surface area contributed by atoms with Crippen molar-refractivity contribution in [2.24, 2.45) is 5.73 Å². The van der Waals surface area contributed by atoms with E-state index >= 15 is 0 Å². The second-order valence-corrected chi connectivity index (χ2v) is 5.78. The number of hydrogen-bond acceptors (Lipinski definition) is 6. The molecule has 3 N–H and O–H groups in total. The van der Waals surface area contributed by atoms with Crippen molar-refractivity contribution in [1.82, 2.24) is 9.55 Å². The number of benzene rings is 1. The van der Waals surface area contributed by atoms with Gasteiger partial charge in [0.25, 0.3) is 0 Å². The van der Waals surface area contributed by atoms with Crippen LogP contribution in [0.1, 0.15) is 17.4 Å². The predicted octanol–water partition coefficient (Wildman–Crippen LogP) is 0.951. The summed E-state index contributed by atoms with van der Waals surface area (Å²) in [6.07, 6.45) is 0.809. The maximum Gasteiger partial charge on any atom is 0.414 e. The number of carbonyl (C=O) groups excluding carboxylic acids is 2. The molecule has 26 heavy (non-hydrogen) atoms. The third-order valence-electron chi connectivity index (χ3n) is 4.03. The molecule has 1 aromatic heterocycles. The van der Waals surface area contributed by atoms with Crippen LogP contribution in [0.5, 0.6) is 0 Å².